The summed E-state index contributed by atoms with van der Waals surface area (Å²) < 4.78 is 5.61. The maximum Gasteiger partial charge on any atom is 0.326 e. The first kappa shape index (κ1) is 23.7. The van der Waals surface area contributed by atoms with E-state index < -0.39 is 23.8 Å². The Bertz CT molecular complexity index is 934. The van der Waals surface area contributed by atoms with Crippen LogP contribution in [0, 0.1) is 5.92 Å². The third-order valence-corrected chi connectivity index (χ3v) is 4.31. The molecular weight excluding hydrogens is 396 g/mol. The number of benzene rings is 2. The minimum Gasteiger partial charge on any atom is -0.491 e. The standard InChI is InChI=1S/C24H28N2O5/c1-15(2)21(24(29)30)26-23(28)20(25-22(27)18-8-6-5-7-9-18)14-17-10-12-19(13-11-17)31-16(3)4/h5-16,21H,1-4H3,(H,25,27)(H,26,28)(H,29,30). The first-order valence-corrected chi connectivity index (χ1v) is 10.1. The van der Waals surface area contributed by atoms with Crippen molar-refractivity contribution in [1.82, 2.24) is 10.6 Å². The zero-order chi connectivity index (χ0) is 23.0. The molecule has 0 aliphatic carbocycles. The van der Waals surface area contributed by atoms with Gasteiger partial charge in [0.2, 0.25) is 0 Å². The van der Waals surface area contributed by atoms with Crippen molar-refractivity contribution in [3.8, 4) is 5.75 Å². The lowest BCUT2D eigenvalue weighted by atomic mass is 10.0. The van der Waals surface area contributed by atoms with Crippen LogP contribution in [-0.4, -0.2) is 35.0 Å². The van der Waals surface area contributed by atoms with E-state index in [2.05, 4.69) is 10.6 Å². The van der Waals surface area contributed by atoms with Gasteiger partial charge < -0.3 is 20.5 Å². The molecular formula is C24H28N2O5. The van der Waals surface area contributed by atoms with Crippen LogP contribution < -0.4 is 15.4 Å². The van der Waals surface area contributed by atoms with Crippen LogP contribution >= 0.6 is 0 Å². The van der Waals surface area contributed by atoms with Crippen molar-refractivity contribution in [2.45, 2.75) is 39.8 Å². The highest BCUT2D eigenvalue weighted by molar-refractivity contribution is 6.06. The van der Waals surface area contributed by atoms with Crippen LogP contribution in [0.2, 0.25) is 0 Å². The molecule has 2 aromatic rings. The number of amides is 2. The Hall–Kier alpha value is -3.61. The molecule has 0 fully saturated rings. The van der Waals surface area contributed by atoms with Gasteiger partial charge in [-0.1, -0.05) is 44.2 Å². The fourth-order valence-corrected chi connectivity index (χ4v) is 2.76. The van der Waals surface area contributed by atoms with Gasteiger partial charge in [-0.15, -0.1) is 0 Å². The van der Waals surface area contributed by atoms with Crippen molar-refractivity contribution >= 4 is 23.9 Å². The molecule has 3 N–H and O–H groups in total. The summed E-state index contributed by atoms with van der Waals surface area (Å²) in [4.78, 5) is 37.0. The first-order valence-electron chi connectivity index (χ1n) is 10.1. The highest BCUT2D eigenvalue weighted by Gasteiger charge is 2.25. The molecule has 0 radical (unpaired) electrons. The van der Waals surface area contributed by atoms with Crippen molar-refractivity contribution in [2.24, 2.45) is 5.92 Å². The van der Waals surface area contributed by atoms with Crippen LogP contribution in [0.1, 0.15) is 43.6 Å². The highest BCUT2D eigenvalue weighted by Crippen LogP contribution is 2.16. The van der Waals surface area contributed by atoms with Crippen molar-refractivity contribution in [1.29, 1.82) is 0 Å². The summed E-state index contributed by atoms with van der Waals surface area (Å²) in [6, 6.07) is 14.4. The van der Waals surface area contributed by atoms with Gasteiger partial charge in [0.15, 0.2) is 0 Å². The third kappa shape index (κ3) is 7.29. The zero-order valence-corrected chi connectivity index (χ0v) is 18.1. The monoisotopic (exact) mass is 424 g/mol. The Balaban J connectivity index is 2.32. The SMILES string of the molecule is CC(C)Oc1ccc(C=C(NC(=O)c2ccccc2)C(=O)NC(C(=O)O)C(C)C)cc1. The molecule has 2 rings (SSSR count). The number of rotatable bonds is 9. The Morgan fingerprint density at radius 1 is 0.935 bits per heavy atom. The molecule has 2 aromatic carbocycles. The van der Waals surface area contributed by atoms with Gasteiger partial charge in [-0.05, 0) is 55.7 Å². The van der Waals surface area contributed by atoms with E-state index in [9.17, 15) is 19.5 Å². The topological polar surface area (TPSA) is 105 Å². The van der Waals surface area contributed by atoms with E-state index in [0.717, 1.165) is 0 Å². The quantitative estimate of drug-likeness (QED) is 0.535. The number of ether oxygens (including phenoxy) is 1. The van der Waals surface area contributed by atoms with E-state index in [4.69, 9.17) is 4.74 Å². The van der Waals surface area contributed by atoms with Crippen LogP contribution in [-0.2, 0) is 9.59 Å². The molecule has 0 bridgehead atoms. The van der Waals surface area contributed by atoms with Gasteiger partial charge >= 0.3 is 5.97 Å². The molecule has 1 unspecified atom stereocenters. The molecule has 7 nitrogen and oxygen atoms in total. The van der Waals surface area contributed by atoms with E-state index in [1.165, 1.54) is 6.08 Å². The third-order valence-electron chi connectivity index (χ3n) is 4.31. The average molecular weight is 424 g/mol. The van der Waals surface area contributed by atoms with Gasteiger partial charge in [-0.3, -0.25) is 9.59 Å². The minimum atomic E-state index is -1.15. The predicted molar refractivity (Wildman–Crippen MR) is 118 cm³/mol. The number of carbonyl (C=O) groups excluding carboxylic acids is 2. The Morgan fingerprint density at radius 2 is 1.55 bits per heavy atom. The molecule has 0 aromatic heterocycles. The normalized spacial score (nSPS) is 12.4. The van der Waals surface area contributed by atoms with Crippen molar-refractivity contribution in [2.75, 3.05) is 0 Å². The lowest BCUT2D eigenvalue weighted by Gasteiger charge is -2.19. The van der Waals surface area contributed by atoms with E-state index >= 15 is 0 Å². The van der Waals surface area contributed by atoms with Gasteiger partial charge in [-0.25, -0.2) is 4.79 Å². The molecule has 0 aliphatic rings. The summed E-state index contributed by atoms with van der Waals surface area (Å²) in [6.45, 7) is 7.23. The number of carboxylic acid groups (broad SMARTS) is 1. The molecule has 2 amide bonds. The van der Waals surface area contributed by atoms with Gasteiger partial charge in [0.25, 0.3) is 11.8 Å². The fourth-order valence-electron chi connectivity index (χ4n) is 2.76. The molecule has 7 heteroatoms. The van der Waals surface area contributed by atoms with Crippen LogP contribution in [0.5, 0.6) is 5.75 Å². The first-order chi connectivity index (χ1) is 14.7. The zero-order valence-electron chi connectivity index (χ0n) is 18.1. The molecule has 0 heterocycles. The fraction of sp³-hybridized carbons (Fsp3) is 0.292. The maximum atomic E-state index is 12.9. The predicted octanol–water partition coefficient (Wildman–Crippen LogP) is 3.47. The number of aliphatic carboxylic acids is 1. The molecule has 0 spiro atoms. The summed E-state index contributed by atoms with van der Waals surface area (Å²) in [5.41, 5.74) is 0.963. The number of carboxylic acids is 1. The molecule has 0 aliphatic heterocycles. The second-order valence-corrected chi connectivity index (χ2v) is 7.65. The molecule has 1 atom stereocenters. The summed E-state index contributed by atoms with van der Waals surface area (Å²) in [5, 5.41) is 14.5. The van der Waals surface area contributed by atoms with Crippen LogP contribution in [0.4, 0.5) is 0 Å². The minimum absolute atomic E-state index is 0.0249. The smallest absolute Gasteiger partial charge is 0.326 e. The van der Waals surface area contributed by atoms with Gasteiger partial charge in [-0.2, -0.15) is 0 Å². The Labute approximate surface area is 182 Å². The second kappa shape index (κ2) is 11.0. The highest BCUT2D eigenvalue weighted by atomic mass is 16.5. The van der Waals surface area contributed by atoms with Gasteiger partial charge in [0, 0.05) is 5.56 Å². The van der Waals surface area contributed by atoms with Crippen LogP contribution in [0.15, 0.2) is 60.3 Å². The Morgan fingerprint density at radius 3 is 2.06 bits per heavy atom. The van der Waals surface area contributed by atoms with Gasteiger partial charge in [0.05, 0.1) is 6.10 Å². The molecule has 31 heavy (non-hydrogen) atoms. The molecule has 164 valence electrons. The Kier molecular flexibility index (Phi) is 8.37. The summed E-state index contributed by atoms with van der Waals surface area (Å²) in [6.07, 6.45) is 1.52. The lowest BCUT2D eigenvalue weighted by molar-refractivity contribution is -0.142. The van der Waals surface area contributed by atoms with Crippen molar-refractivity contribution < 1.29 is 24.2 Å². The average Bonchev–Trinajstić information content (AvgIpc) is 2.72. The summed E-state index contributed by atoms with van der Waals surface area (Å²) in [5.74, 6) is -1.96. The number of carbonyl (C=O) groups is 3. The lowest BCUT2D eigenvalue weighted by Crippen LogP contribution is -2.47. The largest absolute Gasteiger partial charge is 0.491 e. The van der Waals surface area contributed by atoms with Crippen LogP contribution in [0.25, 0.3) is 6.08 Å². The summed E-state index contributed by atoms with van der Waals surface area (Å²) in [7, 11) is 0. The van der Waals surface area contributed by atoms with E-state index in [1.54, 1.807) is 68.4 Å². The van der Waals surface area contributed by atoms with E-state index in [-0.39, 0.29) is 17.7 Å². The molecule has 0 saturated heterocycles. The van der Waals surface area contributed by atoms with Crippen molar-refractivity contribution in [3.63, 3.8) is 0 Å². The van der Waals surface area contributed by atoms with Crippen molar-refractivity contribution in [3.05, 3.63) is 71.4 Å². The number of hydrogen-bond donors (Lipinski definition) is 3. The van der Waals surface area contributed by atoms with Gasteiger partial charge in [0.1, 0.15) is 17.5 Å². The number of nitrogens with one attached hydrogen (secondary N) is 2. The maximum absolute atomic E-state index is 12.9. The number of hydrogen-bond acceptors (Lipinski definition) is 4. The van der Waals surface area contributed by atoms with E-state index in [1.807, 2.05) is 13.8 Å². The molecule has 0 saturated carbocycles. The summed E-state index contributed by atoms with van der Waals surface area (Å²) >= 11 is 0. The van der Waals surface area contributed by atoms with Crippen LogP contribution in [0.3, 0.4) is 0 Å². The second-order valence-electron chi connectivity index (χ2n) is 7.65. The van der Waals surface area contributed by atoms with E-state index in [0.29, 0.717) is 16.9 Å².